The van der Waals surface area contributed by atoms with Gasteiger partial charge in [-0.15, -0.1) is 0 Å². The van der Waals surface area contributed by atoms with Crippen LogP contribution in [0.1, 0.15) is 27.7 Å². The first kappa shape index (κ1) is 25.1. The van der Waals surface area contributed by atoms with Gasteiger partial charge in [0.2, 0.25) is 0 Å². The summed E-state index contributed by atoms with van der Waals surface area (Å²) in [6, 6.07) is 18.6. The Hall–Kier alpha value is -5.24. The number of carbonyl (C=O) groups excluding carboxylic acids is 4. The molecule has 0 amide bonds. The zero-order chi connectivity index (χ0) is 28.3. The Labute approximate surface area is 227 Å². The molecule has 0 aliphatic heterocycles. The molecule has 0 radical (unpaired) electrons. The van der Waals surface area contributed by atoms with E-state index in [9.17, 15) is 19.2 Å². The summed E-state index contributed by atoms with van der Waals surface area (Å²) in [6.07, 6.45) is 0. The lowest BCUT2D eigenvalue weighted by atomic mass is 9.88. The average molecular weight is 535 g/mol. The number of fused-ring (bicyclic) bond motifs is 4. The van der Waals surface area contributed by atoms with Crippen LogP contribution in [0.15, 0.2) is 60.7 Å². The van der Waals surface area contributed by atoms with Crippen molar-refractivity contribution in [1.82, 2.24) is 0 Å². The lowest BCUT2D eigenvalue weighted by Crippen LogP contribution is -2.08. The second kappa shape index (κ2) is 9.20. The van der Waals surface area contributed by atoms with Gasteiger partial charge in [-0.1, -0.05) is 24.3 Å². The van der Waals surface area contributed by atoms with Crippen molar-refractivity contribution >= 4 is 77.7 Å². The molecule has 0 fully saturated rings. The highest BCUT2D eigenvalue weighted by Gasteiger charge is 2.21. The molecule has 8 nitrogen and oxygen atoms in total. The van der Waals surface area contributed by atoms with Gasteiger partial charge in [-0.25, -0.2) is 0 Å². The number of ether oxygens (including phenoxy) is 4. The Morgan fingerprint density at radius 1 is 0.425 bits per heavy atom. The van der Waals surface area contributed by atoms with E-state index in [2.05, 4.69) is 0 Å². The van der Waals surface area contributed by atoms with Gasteiger partial charge in [-0.2, -0.15) is 0 Å². The van der Waals surface area contributed by atoms with Gasteiger partial charge in [0.15, 0.2) is 23.0 Å². The fourth-order valence-electron chi connectivity index (χ4n) is 5.43. The average Bonchev–Trinajstić information content (AvgIpc) is 2.88. The van der Waals surface area contributed by atoms with Crippen LogP contribution in [0.5, 0.6) is 23.0 Å². The van der Waals surface area contributed by atoms with Crippen LogP contribution in [0.4, 0.5) is 0 Å². The highest BCUT2D eigenvalue weighted by molar-refractivity contribution is 6.33. The molecular weight excluding hydrogens is 512 g/mol. The Morgan fingerprint density at radius 3 is 1.12 bits per heavy atom. The molecule has 40 heavy (non-hydrogen) atoms. The maximum Gasteiger partial charge on any atom is 0.308 e. The van der Waals surface area contributed by atoms with Crippen molar-refractivity contribution in [2.75, 3.05) is 0 Å². The van der Waals surface area contributed by atoms with Crippen LogP contribution >= 0.6 is 0 Å². The summed E-state index contributed by atoms with van der Waals surface area (Å²) < 4.78 is 21.8. The SMILES string of the molecule is CC(=O)Oc1ccc2c(cc3ccc4cc5c(OC(C)=O)c(OC(C)=O)ccc5c5ccc2c3c45)c1OC(C)=O. The van der Waals surface area contributed by atoms with Crippen LogP contribution in [0, 0.1) is 0 Å². The summed E-state index contributed by atoms with van der Waals surface area (Å²) in [5.74, 6) is -1.43. The first-order chi connectivity index (χ1) is 19.1. The van der Waals surface area contributed by atoms with E-state index in [1.807, 2.05) is 48.5 Å². The van der Waals surface area contributed by atoms with E-state index >= 15 is 0 Å². The summed E-state index contributed by atoms with van der Waals surface area (Å²) in [6.45, 7) is 5.16. The molecule has 0 N–H and O–H groups in total. The topological polar surface area (TPSA) is 105 Å². The van der Waals surface area contributed by atoms with Gasteiger partial charge in [0.25, 0.3) is 0 Å². The van der Waals surface area contributed by atoms with Gasteiger partial charge < -0.3 is 18.9 Å². The molecule has 0 aliphatic rings. The number of hydrogen-bond acceptors (Lipinski definition) is 8. The van der Waals surface area contributed by atoms with Crippen molar-refractivity contribution < 1.29 is 38.1 Å². The van der Waals surface area contributed by atoms with Crippen LogP contribution in [0.3, 0.4) is 0 Å². The quantitative estimate of drug-likeness (QED) is 0.108. The number of esters is 4. The van der Waals surface area contributed by atoms with Crippen LogP contribution < -0.4 is 18.9 Å². The third kappa shape index (κ3) is 4.01. The molecule has 0 unspecified atom stereocenters. The molecule has 6 aromatic rings. The van der Waals surface area contributed by atoms with Crippen molar-refractivity contribution in [2.45, 2.75) is 27.7 Å². The summed E-state index contributed by atoms with van der Waals surface area (Å²) >= 11 is 0. The summed E-state index contributed by atoms with van der Waals surface area (Å²) in [4.78, 5) is 47.4. The Kier molecular flexibility index (Phi) is 5.76. The van der Waals surface area contributed by atoms with Crippen molar-refractivity contribution in [2.24, 2.45) is 0 Å². The molecule has 0 atom stereocenters. The van der Waals surface area contributed by atoms with E-state index < -0.39 is 23.9 Å². The largest absolute Gasteiger partial charge is 0.423 e. The normalized spacial score (nSPS) is 11.4. The molecule has 0 spiro atoms. The summed E-state index contributed by atoms with van der Waals surface area (Å²) in [5.41, 5.74) is 0. The van der Waals surface area contributed by atoms with Crippen molar-refractivity contribution in [3.05, 3.63) is 60.7 Å². The van der Waals surface area contributed by atoms with E-state index in [0.717, 1.165) is 43.1 Å². The van der Waals surface area contributed by atoms with E-state index in [1.54, 1.807) is 12.1 Å². The molecule has 0 heterocycles. The summed E-state index contributed by atoms with van der Waals surface area (Å²) in [5, 5.41) is 8.53. The standard InChI is InChI=1S/C32H22O8/c1-15(33)37-27-11-9-21-23-7-8-24-22-10-12-28(38-16(2)34)32(40-18(4)36)26(22)14-20-6-5-19(29(23)30(20)24)13-25(21)31(27)39-17(3)35/h5-14H,1-4H3. The van der Waals surface area contributed by atoms with Gasteiger partial charge in [0, 0.05) is 38.5 Å². The highest BCUT2D eigenvalue weighted by Crippen LogP contribution is 2.47. The number of rotatable bonds is 4. The second-order valence-electron chi connectivity index (χ2n) is 9.53. The Balaban J connectivity index is 1.71. The molecule has 6 rings (SSSR count). The van der Waals surface area contributed by atoms with E-state index in [4.69, 9.17) is 18.9 Å². The molecule has 8 heteroatoms. The monoisotopic (exact) mass is 534 g/mol. The minimum Gasteiger partial charge on any atom is -0.423 e. The molecule has 0 aromatic heterocycles. The van der Waals surface area contributed by atoms with Crippen LogP contribution in [-0.2, 0) is 19.2 Å². The molecule has 0 saturated heterocycles. The lowest BCUT2D eigenvalue weighted by Gasteiger charge is -2.18. The van der Waals surface area contributed by atoms with E-state index in [1.165, 1.54) is 27.7 Å². The second-order valence-corrected chi connectivity index (χ2v) is 9.53. The third-order valence-electron chi connectivity index (χ3n) is 6.72. The van der Waals surface area contributed by atoms with Crippen LogP contribution in [0.25, 0.3) is 53.9 Å². The zero-order valence-corrected chi connectivity index (χ0v) is 22.0. The Bertz CT molecular complexity index is 1920. The number of hydrogen-bond donors (Lipinski definition) is 0. The minimum absolute atomic E-state index is 0.163. The van der Waals surface area contributed by atoms with Crippen molar-refractivity contribution in [3.8, 4) is 23.0 Å². The highest BCUT2D eigenvalue weighted by atomic mass is 16.6. The zero-order valence-electron chi connectivity index (χ0n) is 22.0. The van der Waals surface area contributed by atoms with Gasteiger partial charge in [-0.3, -0.25) is 19.2 Å². The van der Waals surface area contributed by atoms with Gasteiger partial charge in [-0.05, 0) is 79.5 Å². The predicted octanol–water partition coefficient (Wildman–Crippen LogP) is 6.59. The number of benzene rings is 6. The van der Waals surface area contributed by atoms with Gasteiger partial charge in [0.1, 0.15) is 0 Å². The molecule has 198 valence electrons. The minimum atomic E-state index is -0.533. The smallest absolute Gasteiger partial charge is 0.308 e. The fraction of sp³-hybridized carbons (Fsp3) is 0.125. The predicted molar refractivity (Wildman–Crippen MR) is 150 cm³/mol. The first-order valence-electron chi connectivity index (χ1n) is 12.5. The third-order valence-corrected chi connectivity index (χ3v) is 6.72. The maximum absolute atomic E-state index is 12.0. The van der Waals surface area contributed by atoms with Crippen molar-refractivity contribution in [1.29, 1.82) is 0 Å². The lowest BCUT2D eigenvalue weighted by molar-refractivity contribution is -0.134. The maximum atomic E-state index is 12.0. The molecular formula is C32H22O8. The molecule has 0 bridgehead atoms. The van der Waals surface area contributed by atoms with Gasteiger partial charge in [0.05, 0.1) is 0 Å². The molecule has 6 aromatic carbocycles. The Morgan fingerprint density at radius 2 is 0.775 bits per heavy atom. The van der Waals surface area contributed by atoms with Crippen LogP contribution in [0.2, 0.25) is 0 Å². The van der Waals surface area contributed by atoms with Gasteiger partial charge >= 0.3 is 23.9 Å². The fourth-order valence-corrected chi connectivity index (χ4v) is 5.43. The first-order valence-corrected chi connectivity index (χ1v) is 12.5. The molecule has 0 saturated carbocycles. The van der Waals surface area contributed by atoms with E-state index in [0.29, 0.717) is 10.8 Å². The van der Waals surface area contributed by atoms with E-state index in [-0.39, 0.29) is 23.0 Å². The summed E-state index contributed by atoms with van der Waals surface area (Å²) in [7, 11) is 0. The van der Waals surface area contributed by atoms with Crippen molar-refractivity contribution in [3.63, 3.8) is 0 Å². The molecule has 0 aliphatic carbocycles. The van der Waals surface area contributed by atoms with Crippen LogP contribution in [-0.4, -0.2) is 23.9 Å². The number of carbonyl (C=O) groups is 4.